The fourth-order valence-electron chi connectivity index (χ4n) is 1.28. The SMILES string of the molecule is C=CC1=C(C=C)N(C)CC1. The molecule has 1 aliphatic rings. The molecule has 1 heterocycles. The molecular weight excluding hydrogens is 122 g/mol. The van der Waals surface area contributed by atoms with Gasteiger partial charge in [0.15, 0.2) is 0 Å². The summed E-state index contributed by atoms with van der Waals surface area (Å²) in [6.07, 6.45) is 4.92. The van der Waals surface area contributed by atoms with Gasteiger partial charge in [-0.15, -0.1) is 0 Å². The first-order valence-electron chi connectivity index (χ1n) is 3.48. The summed E-state index contributed by atoms with van der Waals surface area (Å²) in [5.74, 6) is 0. The summed E-state index contributed by atoms with van der Waals surface area (Å²) in [4.78, 5) is 2.20. The Morgan fingerprint density at radius 3 is 2.50 bits per heavy atom. The smallest absolute Gasteiger partial charge is 0.0390 e. The van der Waals surface area contributed by atoms with E-state index in [0.29, 0.717) is 0 Å². The lowest BCUT2D eigenvalue weighted by atomic mass is 10.2. The molecule has 0 N–H and O–H groups in total. The Hall–Kier alpha value is -0.980. The molecule has 0 saturated carbocycles. The molecule has 0 radical (unpaired) electrons. The standard InChI is InChI=1S/C9H13N/c1-4-8-6-7-10(3)9(8)5-2/h4-5H,1-2,6-7H2,3H3. The van der Waals surface area contributed by atoms with Crippen LogP contribution in [-0.2, 0) is 0 Å². The molecule has 0 aromatic rings. The first-order chi connectivity index (χ1) is 4.79. The number of nitrogens with zero attached hydrogens (tertiary/aromatic N) is 1. The van der Waals surface area contributed by atoms with Crippen molar-refractivity contribution >= 4 is 0 Å². The normalized spacial score (nSPS) is 17.9. The third-order valence-electron chi connectivity index (χ3n) is 1.90. The second-order valence-corrected chi connectivity index (χ2v) is 2.49. The van der Waals surface area contributed by atoms with E-state index >= 15 is 0 Å². The maximum atomic E-state index is 3.74. The highest BCUT2D eigenvalue weighted by Crippen LogP contribution is 2.21. The lowest BCUT2D eigenvalue weighted by Gasteiger charge is -2.11. The summed E-state index contributed by atoms with van der Waals surface area (Å²) in [5, 5.41) is 0. The van der Waals surface area contributed by atoms with Gasteiger partial charge in [0.05, 0.1) is 0 Å². The zero-order chi connectivity index (χ0) is 7.56. The average Bonchev–Trinajstić information content (AvgIpc) is 2.30. The molecule has 0 saturated heterocycles. The largest absolute Gasteiger partial charge is 0.374 e. The van der Waals surface area contributed by atoms with Gasteiger partial charge in [0, 0.05) is 19.3 Å². The van der Waals surface area contributed by atoms with Crippen molar-refractivity contribution < 1.29 is 0 Å². The molecule has 0 aliphatic carbocycles. The van der Waals surface area contributed by atoms with Crippen LogP contribution in [0, 0.1) is 0 Å². The van der Waals surface area contributed by atoms with Gasteiger partial charge < -0.3 is 4.90 Å². The van der Waals surface area contributed by atoms with Crippen LogP contribution in [0.5, 0.6) is 0 Å². The molecule has 0 amide bonds. The van der Waals surface area contributed by atoms with E-state index in [1.165, 1.54) is 11.3 Å². The predicted octanol–water partition coefficient (Wildman–Crippen LogP) is 1.95. The molecule has 1 rings (SSSR count). The molecule has 0 spiro atoms. The van der Waals surface area contributed by atoms with Crippen LogP contribution >= 0.6 is 0 Å². The van der Waals surface area contributed by atoms with Crippen molar-refractivity contribution in [2.45, 2.75) is 6.42 Å². The van der Waals surface area contributed by atoms with E-state index < -0.39 is 0 Å². The van der Waals surface area contributed by atoms with E-state index in [2.05, 4.69) is 25.1 Å². The van der Waals surface area contributed by atoms with Crippen molar-refractivity contribution in [1.29, 1.82) is 0 Å². The Morgan fingerprint density at radius 2 is 2.10 bits per heavy atom. The molecule has 0 unspecified atom stereocenters. The van der Waals surface area contributed by atoms with Gasteiger partial charge >= 0.3 is 0 Å². The molecule has 0 bridgehead atoms. The minimum absolute atomic E-state index is 1.10. The van der Waals surface area contributed by atoms with E-state index in [9.17, 15) is 0 Å². The molecule has 0 aromatic heterocycles. The molecule has 54 valence electrons. The molecule has 0 aromatic carbocycles. The first-order valence-corrected chi connectivity index (χ1v) is 3.48. The van der Waals surface area contributed by atoms with Gasteiger partial charge in [0.2, 0.25) is 0 Å². The molecular formula is C9H13N. The first kappa shape index (κ1) is 7.13. The van der Waals surface area contributed by atoms with Crippen LogP contribution in [0.2, 0.25) is 0 Å². The van der Waals surface area contributed by atoms with Crippen LogP contribution in [0.1, 0.15) is 6.42 Å². The van der Waals surface area contributed by atoms with Gasteiger partial charge in [0.1, 0.15) is 0 Å². The van der Waals surface area contributed by atoms with E-state index in [1.54, 1.807) is 0 Å². The van der Waals surface area contributed by atoms with Gasteiger partial charge in [-0.05, 0) is 18.1 Å². The molecule has 0 fully saturated rings. The Morgan fingerprint density at radius 1 is 1.40 bits per heavy atom. The van der Waals surface area contributed by atoms with Gasteiger partial charge in [-0.2, -0.15) is 0 Å². The molecule has 10 heavy (non-hydrogen) atoms. The number of likely N-dealkylation sites (N-methyl/N-ethyl adjacent to an activating group) is 1. The average molecular weight is 135 g/mol. The van der Waals surface area contributed by atoms with E-state index in [0.717, 1.165) is 13.0 Å². The Bertz CT molecular complexity index is 189. The zero-order valence-corrected chi connectivity index (χ0v) is 6.43. The predicted molar refractivity (Wildman–Crippen MR) is 44.7 cm³/mol. The van der Waals surface area contributed by atoms with Crippen molar-refractivity contribution in [2.24, 2.45) is 0 Å². The number of hydrogen-bond donors (Lipinski definition) is 0. The number of allylic oxidation sites excluding steroid dienone is 2. The van der Waals surface area contributed by atoms with Crippen molar-refractivity contribution in [2.75, 3.05) is 13.6 Å². The lowest BCUT2D eigenvalue weighted by Crippen LogP contribution is -2.10. The Kier molecular flexibility index (Phi) is 1.95. The summed E-state index contributed by atoms with van der Waals surface area (Å²) in [5.41, 5.74) is 2.55. The van der Waals surface area contributed by atoms with E-state index in [-0.39, 0.29) is 0 Å². The van der Waals surface area contributed by atoms with Crippen LogP contribution in [0.15, 0.2) is 36.6 Å². The monoisotopic (exact) mass is 135 g/mol. The molecule has 1 nitrogen and oxygen atoms in total. The van der Waals surface area contributed by atoms with Gasteiger partial charge in [-0.1, -0.05) is 19.2 Å². The highest BCUT2D eigenvalue weighted by Gasteiger charge is 2.13. The highest BCUT2D eigenvalue weighted by molar-refractivity contribution is 5.33. The molecule has 1 aliphatic heterocycles. The zero-order valence-electron chi connectivity index (χ0n) is 6.43. The maximum Gasteiger partial charge on any atom is 0.0390 e. The van der Waals surface area contributed by atoms with E-state index in [1.807, 2.05) is 12.2 Å². The molecule has 0 atom stereocenters. The maximum absolute atomic E-state index is 3.74. The number of hydrogen-bond acceptors (Lipinski definition) is 1. The quantitative estimate of drug-likeness (QED) is 0.559. The van der Waals surface area contributed by atoms with Gasteiger partial charge in [0.25, 0.3) is 0 Å². The molecule has 1 heteroatoms. The second kappa shape index (κ2) is 2.74. The fraction of sp³-hybridized carbons (Fsp3) is 0.333. The van der Waals surface area contributed by atoms with Crippen molar-refractivity contribution in [3.8, 4) is 0 Å². The van der Waals surface area contributed by atoms with Crippen LogP contribution < -0.4 is 0 Å². The summed E-state index contributed by atoms with van der Waals surface area (Å²) in [7, 11) is 2.08. The van der Waals surface area contributed by atoms with Crippen LogP contribution in [-0.4, -0.2) is 18.5 Å². The van der Waals surface area contributed by atoms with Crippen LogP contribution in [0.25, 0.3) is 0 Å². The van der Waals surface area contributed by atoms with Gasteiger partial charge in [-0.25, -0.2) is 0 Å². The minimum Gasteiger partial charge on any atom is -0.374 e. The van der Waals surface area contributed by atoms with Crippen molar-refractivity contribution in [1.82, 2.24) is 4.90 Å². The van der Waals surface area contributed by atoms with Crippen LogP contribution in [0.4, 0.5) is 0 Å². The summed E-state index contributed by atoms with van der Waals surface area (Å²) >= 11 is 0. The Balaban J connectivity index is 2.91. The summed E-state index contributed by atoms with van der Waals surface area (Å²) < 4.78 is 0. The summed E-state index contributed by atoms with van der Waals surface area (Å²) in [6.45, 7) is 8.59. The third kappa shape index (κ3) is 0.991. The summed E-state index contributed by atoms with van der Waals surface area (Å²) in [6, 6.07) is 0. The van der Waals surface area contributed by atoms with Crippen molar-refractivity contribution in [3.63, 3.8) is 0 Å². The third-order valence-corrected chi connectivity index (χ3v) is 1.90. The highest BCUT2D eigenvalue weighted by atomic mass is 15.1. The fourth-order valence-corrected chi connectivity index (χ4v) is 1.28. The topological polar surface area (TPSA) is 3.24 Å². The number of rotatable bonds is 2. The second-order valence-electron chi connectivity index (χ2n) is 2.49. The van der Waals surface area contributed by atoms with Gasteiger partial charge in [-0.3, -0.25) is 0 Å². The van der Waals surface area contributed by atoms with E-state index in [4.69, 9.17) is 0 Å². The van der Waals surface area contributed by atoms with Crippen LogP contribution in [0.3, 0.4) is 0 Å². The Labute approximate surface area is 62.3 Å². The van der Waals surface area contributed by atoms with Crippen molar-refractivity contribution in [3.05, 3.63) is 36.6 Å². The lowest BCUT2D eigenvalue weighted by molar-refractivity contribution is 0.472. The minimum atomic E-state index is 1.10.